The van der Waals surface area contributed by atoms with Gasteiger partial charge in [-0.1, -0.05) is 0 Å². The Kier molecular flexibility index (Phi) is 4.63. The van der Waals surface area contributed by atoms with Gasteiger partial charge in [0.15, 0.2) is 0 Å². The number of carbonyl (C=O) groups is 1. The van der Waals surface area contributed by atoms with E-state index in [1.165, 1.54) is 16.3 Å². The molecule has 96 valence electrons. The molecule has 0 saturated carbocycles. The first-order chi connectivity index (χ1) is 7.86. The number of methoxy groups -OCH3 is 1. The molecule has 0 aromatic carbocycles. The van der Waals surface area contributed by atoms with E-state index in [0.29, 0.717) is 18.7 Å². The second-order valence-corrected chi connectivity index (χ2v) is 6.12. The highest BCUT2D eigenvalue weighted by molar-refractivity contribution is 7.91. The third-order valence-electron chi connectivity index (χ3n) is 2.08. The van der Waals surface area contributed by atoms with Crippen LogP contribution in [0.25, 0.3) is 0 Å². The Morgan fingerprint density at radius 1 is 1.59 bits per heavy atom. The van der Waals surface area contributed by atoms with Crippen molar-refractivity contribution in [1.29, 1.82) is 0 Å². The zero-order valence-corrected chi connectivity index (χ0v) is 11.2. The van der Waals surface area contributed by atoms with Gasteiger partial charge in [-0.3, -0.25) is 4.79 Å². The Morgan fingerprint density at radius 2 is 2.24 bits per heavy atom. The summed E-state index contributed by atoms with van der Waals surface area (Å²) >= 11 is 0.934. The average Bonchev–Trinajstić information content (AvgIpc) is 2.73. The fraction of sp³-hybridized carbons (Fsp3) is 0.444. The minimum Gasteiger partial charge on any atom is -0.383 e. The molecule has 0 atom stereocenters. The minimum absolute atomic E-state index is 0.0130. The van der Waals surface area contributed by atoms with Crippen LogP contribution >= 0.6 is 11.3 Å². The lowest BCUT2D eigenvalue weighted by atomic mass is 10.3. The van der Waals surface area contributed by atoms with Crippen molar-refractivity contribution < 1.29 is 17.9 Å². The van der Waals surface area contributed by atoms with Crippen molar-refractivity contribution in [3.63, 3.8) is 0 Å². The van der Waals surface area contributed by atoms with Crippen LogP contribution in [0.1, 0.15) is 10.4 Å². The predicted octanol–water partition coefficient (Wildman–Crippen LogP) is 0.114. The summed E-state index contributed by atoms with van der Waals surface area (Å²) in [6.07, 6.45) is 0. The molecule has 1 amide bonds. The Balaban J connectivity index is 2.80. The summed E-state index contributed by atoms with van der Waals surface area (Å²) in [5.74, 6) is -0.256. The monoisotopic (exact) mass is 278 g/mol. The number of hydrogen-bond donors (Lipinski definition) is 1. The van der Waals surface area contributed by atoms with Gasteiger partial charge < -0.3 is 9.64 Å². The van der Waals surface area contributed by atoms with Gasteiger partial charge in [-0.2, -0.15) is 0 Å². The number of ether oxygens (including phenoxy) is 1. The number of nitrogens with two attached hydrogens (primary N) is 1. The van der Waals surface area contributed by atoms with Gasteiger partial charge >= 0.3 is 0 Å². The fourth-order valence-electron chi connectivity index (χ4n) is 1.13. The molecule has 0 saturated heterocycles. The second-order valence-electron chi connectivity index (χ2n) is 3.42. The minimum atomic E-state index is -3.74. The van der Waals surface area contributed by atoms with Crippen molar-refractivity contribution in [2.24, 2.45) is 5.14 Å². The maximum absolute atomic E-state index is 11.8. The molecule has 2 N–H and O–H groups in total. The van der Waals surface area contributed by atoms with E-state index < -0.39 is 10.0 Å². The number of thiophene rings is 1. The number of nitrogens with zero attached hydrogens (tertiary/aromatic N) is 1. The van der Waals surface area contributed by atoms with Gasteiger partial charge in [0.1, 0.15) is 4.21 Å². The number of sulfonamides is 1. The predicted molar refractivity (Wildman–Crippen MR) is 64.5 cm³/mol. The third kappa shape index (κ3) is 3.77. The third-order valence-corrected chi connectivity index (χ3v) is 4.47. The van der Waals surface area contributed by atoms with Crippen molar-refractivity contribution in [2.45, 2.75) is 4.21 Å². The number of likely N-dealkylation sites (N-methyl/N-ethyl adjacent to an activating group) is 1. The molecule has 1 aromatic rings. The maximum Gasteiger partial charge on any atom is 0.254 e. The second kappa shape index (κ2) is 5.58. The van der Waals surface area contributed by atoms with Crippen LogP contribution in [0.2, 0.25) is 0 Å². The van der Waals surface area contributed by atoms with Gasteiger partial charge in [0.25, 0.3) is 5.91 Å². The smallest absolute Gasteiger partial charge is 0.254 e. The number of hydrogen-bond acceptors (Lipinski definition) is 5. The van der Waals surface area contributed by atoms with E-state index in [2.05, 4.69) is 0 Å². The standard InChI is InChI=1S/C9H14N2O4S2/c1-11(3-4-15-2)9(12)7-5-8(16-6-7)17(10,13)14/h5-6H,3-4H2,1-2H3,(H2,10,13,14). The molecule has 0 unspecified atom stereocenters. The van der Waals surface area contributed by atoms with Gasteiger partial charge in [0, 0.05) is 26.1 Å². The van der Waals surface area contributed by atoms with E-state index in [9.17, 15) is 13.2 Å². The molecular formula is C9H14N2O4S2. The lowest BCUT2D eigenvalue weighted by Gasteiger charge is -2.15. The first-order valence-corrected chi connectivity index (χ1v) is 7.14. The van der Waals surface area contributed by atoms with Crippen molar-refractivity contribution in [1.82, 2.24) is 4.90 Å². The Morgan fingerprint density at radius 3 is 2.71 bits per heavy atom. The molecule has 0 spiro atoms. The Hall–Kier alpha value is -0.960. The molecule has 8 heteroatoms. The van der Waals surface area contributed by atoms with E-state index in [1.54, 1.807) is 14.2 Å². The van der Waals surface area contributed by atoms with Crippen LogP contribution in [-0.2, 0) is 14.8 Å². The maximum atomic E-state index is 11.8. The zero-order chi connectivity index (χ0) is 13.1. The number of rotatable bonds is 5. The SMILES string of the molecule is COCCN(C)C(=O)c1csc(S(N)(=O)=O)c1. The van der Waals surface area contributed by atoms with Crippen molar-refractivity contribution >= 4 is 27.3 Å². The van der Waals surface area contributed by atoms with E-state index in [4.69, 9.17) is 9.88 Å². The number of primary sulfonamides is 1. The van der Waals surface area contributed by atoms with Gasteiger partial charge in [-0.25, -0.2) is 13.6 Å². The summed E-state index contributed by atoms with van der Waals surface area (Å²) < 4.78 is 26.9. The highest BCUT2D eigenvalue weighted by atomic mass is 32.2. The molecule has 0 aliphatic rings. The normalized spacial score (nSPS) is 11.5. The molecular weight excluding hydrogens is 264 g/mol. The van der Waals surface area contributed by atoms with Crippen LogP contribution in [-0.4, -0.2) is 46.5 Å². The molecule has 17 heavy (non-hydrogen) atoms. The fourth-order valence-corrected chi connectivity index (χ4v) is 2.71. The van der Waals surface area contributed by atoms with E-state index in [0.717, 1.165) is 11.3 Å². The van der Waals surface area contributed by atoms with Gasteiger partial charge in [-0.05, 0) is 6.07 Å². The first-order valence-electron chi connectivity index (χ1n) is 4.72. The highest BCUT2D eigenvalue weighted by Gasteiger charge is 2.17. The van der Waals surface area contributed by atoms with E-state index in [-0.39, 0.29) is 10.1 Å². The van der Waals surface area contributed by atoms with Crippen molar-refractivity contribution in [3.05, 3.63) is 17.0 Å². The molecule has 1 heterocycles. The quantitative estimate of drug-likeness (QED) is 0.828. The summed E-state index contributed by atoms with van der Waals surface area (Å²) in [5, 5.41) is 6.44. The van der Waals surface area contributed by atoms with Crippen LogP contribution in [0.4, 0.5) is 0 Å². The van der Waals surface area contributed by atoms with Gasteiger partial charge in [0.2, 0.25) is 10.0 Å². The van der Waals surface area contributed by atoms with E-state index >= 15 is 0 Å². The van der Waals surface area contributed by atoms with E-state index in [1.807, 2.05) is 0 Å². The Bertz CT molecular complexity index is 495. The van der Waals surface area contributed by atoms with Gasteiger partial charge in [0.05, 0.1) is 12.2 Å². The molecule has 0 radical (unpaired) electrons. The van der Waals surface area contributed by atoms with Crippen LogP contribution < -0.4 is 5.14 Å². The zero-order valence-electron chi connectivity index (χ0n) is 9.54. The van der Waals surface area contributed by atoms with Gasteiger partial charge in [-0.15, -0.1) is 11.3 Å². The topological polar surface area (TPSA) is 89.7 Å². The summed E-state index contributed by atoms with van der Waals surface area (Å²) in [5.41, 5.74) is 0.317. The average molecular weight is 278 g/mol. The molecule has 6 nitrogen and oxygen atoms in total. The van der Waals surface area contributed by atoms with Crippen molar-refractivity contribution in [3.8, 4) is 0 Å². The summed E-state index contributed by atoms with van der Waals surface area (Å²) in [4.78, 5) is 13.3. The Labute approximate surface area is 104 Å². The van der Waals surface area contributed by atoms with Crippen molar-refractivity contribution in [2.75, 3.05) is 27.3 Å². The molecule has 0 fully saturated rings. The number of amides is 1. The summed E-state index contributed by atoms with van der Waals surface area (Å²) in [6, 6.07) is 1.28. The molecule has 1 aromatic heterocycles. The first kappa shape index (κ1) is 14.1. The molecule has 0 bridgehead atoms. The van der Waals surface area contributed by atoms with Crippen LogP contribution in [0.5, 0.6) is 0 Å². The molecule has 0 aliphatic heterocycles. The van der Waals surface area contributed by atoms with Crippen LogP contribution in [0.15, 0.2) is 15.7 Å². The highest BCUT2D eigenvalue weighted by Crippen LogP contribution is 2.19. The van der Waals surface area contributed by atoms with Crippen LogP contribution in [0.3, 0.4) is 0 Å². The summed E-state index contributed by atoms with van der Waals surface area (Å²) in [6.45, 7) is 0.865. The lowest BCUT2D eigenvalue weighted by molar-refractivity contribution is 0.0744. The molecule has 0 aliphatic carbocycles. The number of carbonyl (C=O) groups excluding carboxylic acids is 1. The van der Waals surface area contributed by atoms with Crippen LogP contribution in [0, 0.1) is 0 Å². The lowest BCUT2D eigenvalue weighted by Crippen LogP contribution is -2.29. The molecule has 1 rings (SSSR count). The summed E-state index contributed by atoms with van der Waals surface area (Å²) in [7, 11) is -0.571. The largest absolute Gasteiger partial charge is 0.383 e.